The topological polar surface area (TPSA) is 34.1 Å². The third kappa shape index (κ3) is 1.78. The van der Waals surface area contributed by atoms with E-state index in [0.29, 0.717) is 0 Å². The number of rotatable bonds is 1. The number of hydrogen-bond donors (Lipinski definition) is 0. The summed E-state index contributed by atoms with van der Waals surface area (Å²) in [5.74, 6) is 0. The minimum atomic E-state index is -3.73. The Kier molecular flexibility index (Phi) is 2.32. The van der Waals surface area contributed by atoms with E-state index >= 15 is 0 Å². The van der Waals surface area contributed by atoms with Crippen LogP contribution in [-0.4, -0.2) is 12.6 Å². The standard InChI is InChI=1S/C6H6Cl2O2S/c7-6(11(8,9)10)4-2-1-3-5-6/h1-4H,5H2. The van der Waals surface area contributed by atoms with Crippen molar-refractivity contribution in [1.29, 1.82) is 0 Å². The Morgan fingerprint density at radius 1 is 1.36 bits per heavy atom. The lowest BCUT2D eigenvalue weighted by molar-refractivity contribution is 0.596. The highest BCUT2D eigenvalue weighted by Crippen LogP contribution is 2.34. The van der Waals surface area contributed by atoms with Crippen LogP contribution in [0.2, 0.25) is 0 Å². The molecule has 0 aliphatic heterocycles. The van der Waals surface area contributed by atoms with Gasteiger partial charge in [-0.3, -0.25) is 0 Å². The van der Waals surface area contributed by atoms with E-state index in [9.17, 15) is 8.42 Å². The maximum atomic E-state index is 10.9. The quantitative estimate of drug-likeness (QED) is 0.493. The van der Waals surface area contributed by atoms with Crippen molar-refractivity contribution < 1.29 is 8.42 Å². The molecule has 0 fully saturated rings. The van der Waals surface area contributed by atoms with Crippen LogP contribution in [0.4, 0.5) is 0 Å². The lowest BCUT2D eigenvalue weighted by atomic mass is 10.2. The molecule has 2 nitrogen and oxygen atoms in total. The Morgan fingerprint density at radius 2 is 2.00 bits per heavy atom. The molecule has 0 heterocycles. The van der Waals surface area contributed by atoms with Crippen molar-refractivity contribution in [1.82, 2.24) is 0 Å². The molecule has 1 aliphatic carbocycles. The summed E-state index contributed by atoms with van der Waals surface area (Å²) in [6.45, 7) is 0. The molecule has 1 unspecified atom stereocenters. The monoisotopic (exact) mass is 212 g/mol. The van der Waals surface area contributed by atoms with E-state index in [1.54, 1.807) is 18.2 Å². The van der Waals surface area contributed by atoms with Crippen LogP contribution < -0.4 is 0 Å². The molecule has 1 aliphatic rings. The molecule has 0 aromatic heterocycles. The molecule has 11 heavy (non-hydrogen) atoms. The predicted octanol–water partition coefficient (Wildman–Crippen LogP) is 2.01. The van der Waals surface area contributed by atoms with Crippen LogP contribution in [0, 0.1) is 0 Å². The predicted molar refractivity (Wildman–Crippen MR) is 46.3 cm³/mol. The van der Waals surface area contributed by atoms with Crippen LogP contribution in [0.25, 0.3) is 0 Å². The van der Waals surface area contributed by atoms with E-state index in [2.05, 4.69) is 0 Å². The van der Waals surface area contributed by atoms with E-state index in [1.807, 2.05) is 0 Å². The average molecular weight is 213 g/mol. The highest BCUT2D eigenvalue weighted by molar-refractivity contribution is 8.15. The van der Waals surface area contributed by atoms with E-state index in [-0.39, 0.29) is 6.42 Å². The van der Waals surface area contributed by atoms with Gasteiger partial charge in [-0.25, -0.2) is 8.42 Å². The van der Waals surface area contributed by atoms with E-state index in [4.69, 9.17) is 22.3 Å². The lowest BCUT2D eigenvalue weighted by Gasteiger charge is -2.18. The van der Waals surface area contributed by atoms with E-state index in [0.717, 1.165) is 0 Å². The van der Waals surface area contributed by atoms with Gasteiger partial charge < -0.3 is 0 Å². The Labute approximate surface area is 74.9 Å². The van der Waals surface area contributed by atoms with Crippen molar-refractivity contribution in [2.45, 2.75) is 10.6 Å². The Balaban J connectivity index is 3.04. The van der Waals surface area contributed by atoms with Crippen LogP contribution in [0.3, 0.4) is 0 Å². The maximum absolute atomic E-state index is 10.9. The molecule has 0 N–H and O–H groups in total. The Bertz CT molecular complexity index is 305. The minimum absolute atomic E-state index is 0.219. The summed E-state index contributed by atoms with van der Waals surface area (Å²) >= 11 is 5.69. The third-order valence-electron chi connectivity index (χ3n) is 1.39. The fraction of sp³-hybridized carbons (Fsp3) is 0.333. The Morgan fingerprint density at radius 3 is 2.27 bits per heavy atom. The second kappa shape index (κ2) is 2.81. The van der Waals surface area contributed by atoms with Gasteiger partial charge in [-0.2, -0.15) is 0 Å². The Hall–Kier alpha value is 0.01000. The fourth-order valence-electron chi connectivity index (χ4n) is 0.755. The van der Waals surface area contributed by atoms with Crippen LogP contribution in [-0.2, 0) is 9.05 Å². The largest absolute Gasteiger partial charge is 0.256 e. The van der Waals surface area contributed by atoms with Gasteiger partial charge in [0, 0.05) is 17.1 Å². The molecule has 0 aromatic rings. The van der Waals surface area contributed by atoms with Crippen molar-refractivity contribution in [2.75, 3.05) is 0 Å². The number of allylic oxidation sites excluding steroid dienone is 3. The highest BCUT2D eigenvalue weighted by atomic mass is 35.7. The van der Waals surface area contributed by atoms with Crippen molar-refractivity contribution >= 4 is 31.3 Å². The first-order chi connectivity index (χ1) is 4.96. The smallest absolute Gasteiger partial charge is 0.210 e. The molecule has 0 saturated carbocycles. The summed E-state index contributed by atoms with van der Waals surface area (Å²) in [4.78, 5) is 0. The molecule has 0 aromatic carbocycles. The first kappa shape index (κ1) is 9.10. The summed E-state index contributed by atoms with van der Waals surface area (Å²) in [6, 6.07) is 0. The summed E-state index contributed by atoms with van der Waals surface area (Å²) in [5, 5.41) is 0. The molecule has 1 rings (SSSR count). The SMILES string of the molecule is O=S(=O)(Cl)C1(Cl)C=CC=CC1. The second-order valence-corrected chi connectivity index (χ2v) is 5.94. The summed E-state index contributed by atoms with van der Waals surface area (Å²) in [5.41, 5.74) is 0. The summed E-state index contributed by atoms with van der Waals surface area (Å²) < 4.78 is 20.3. The molecular formula is C6H6Cl2O2S. The highest BCUT2D eigenvalue weighted by Gasteiger charge is 2.37. The average Bonchev–Trinajstić information content (AvgIpc) is 1.87. The molecule has 0 radical (unpaired) electrons. The van der Waals surface area contributed by atoms with Crippen LogP contribution in [0.1, 0.15) is 6.42 Å². The van der Waals surface area contributed by atoms with Gasteiger partial charge in [0.15, 0.2) is 4.21 Å². The van der Waals surface area contributed by atoms with Crippen molar-refractivity contribution in [3.8, 4) is 0 Å². The molecule has 0 saturated heterocycles. The maximum Gasteiger partial charge on any atom is 0.256 e. The van der Waals surface area contributed by atoms with Crippen molar-refractivity contribution in [3.63, 3.8) is 0 Å². The van der Waals surface area contributed by atoms with Crippen LogP contribution >= 0.6 is 22.3 Å². The molecule has 0 spiro atoms. The molecule has 0 amide bonds. The van der Waals surface area contributed by atoms with Gasteiger partial charge in [-0.15, -0.1) is 0 Å². The summed E-state index contributed by atoms with van der Waals surface area (Å²) in [7, 11) is 1.38. The molecule has 0 bridgehead atoms. The minimum Gasteiger partial charge on any atom is -0.210 e. The first-order valence-corrected chi connectivity index (χ1v) is 5.62. The van der Waals surface area contributed by atoms with Crippen LogP contribution in [0.5, 0.6) is 0 Å². The van der Waals surface area contributed by atoms with Crippen molar-refractivity contribution in [2.24, 2.45) is 0 Å². The van der Waals surface area contributed by atoms with Gasteiger partial charge in [0.05, 0.1) is 0 Å². The zero-order valence-corrected chi connectivity index (χ0v) is 7.83. The number of hydrogen-bond acceptors (Lipinski definition) is 2. The normalized spacial score (nSPS) is 30.7. The van der Waals surface area contributed by atoms with Gasteiger partial charge in [-0.05, 0) is 6.08 Å². The fourth-order valence-corrected chi connectivity index (χ4v) is 1.80. The van der Waals surface area contributed by atoms with E-state index < -0.39 is 13.3 Å². The zero-order valence-electron chi connectivity index (χ0n) is 5.50. The number of halogens is 2. The molecule has 5 heteroatoms. The first-order valence-electron chi connectivity index (χ1n) is 2.93. The molecule has 1 atom stereocenters. The van der Waals surface area contributed by atoms with Gasteiger partial charge in [0.25, 0.3) is 9.05 Å². The van der Waals surface area contributed by atoms with Gasteiger partial charge >= 0.3 is 0 Å². The van der Waals surface area contributed by atoms with E-state index in [1.165, 1.54) is 6.08 Å². The van der Waals surface area contributed by atoms with Crippen molar-refractivity contribution in [3.05, 3.63) is 24.3 Å². The molecular weight excluding hydrogens is 207 g/mol. The third-order valence-corrected chi connectivity index (χ3v) is 4.46. The van der Waals surface area contributed by atoms with Gasteiger partial charge in [0.1, 0.15) is 0 Å². The lowest BCUT2D eigenvalue weighted by Crippen LogP contribution is -2.26. The van der Waals surface area contributed by atoms with Gasteiger partial charge in [0.2, 0.25) is 0 Å². The van der Waals surface area contributed by atoms with Gasteiger partial charge in [-0.1, -0.05) is 29.8 Å². The number of alkyl halides is 1. The second-order valence-electron chi connectivity index (χ2n) is 2.22. The molecule has 62 valence electrons. The summed E-state index contributed by atoms with van der Waals surface area (Å²) in [6.07, 6.45) is 6.54. The zero-order chi connectivity index (χ0) is 8.54. The van der Waals surface area contributed by atoms with Crippen LogP contribution in [0.15, 0.2) is 24.3 Å².